The van der Waals surface area contributed by atoms with E-state index in [0.29, 0.717) is 5.69 Å². The van der Waals surface area contributed by atoms with Gasteiger partial charge in [0.15, 0.2) is 0 Å². The molecular formula is C17H11F2NO2. The van der Waals surface area contributed by atoms with Gasteiger partial charge < -0.3 is 9.67 Å². The summed E-state index contributed by atoms with van der Waals surface area (Å²) in [6.45, 7) is 0. The number of benzene rings is 2. The molecule has 2 aromatic carbocycles. The lowest BCUT2D eigenvalue weighted by molar-refractivity contribution is 0.0697. The Kier molecular flexibility index (Phi) is 3.47. The van der Waals surface area contributed by atoms with Crippen molar-refractivity contribution in [2.45, 2.75) is 0 Å². The van der Waals surface area contributed by atoms with Crippen molar-refractivity contribution < 1.29 is 18.7 Å². The number of carboxylic acids is 1. The van der Waals surface area contributed by atoms with Crippen LogP contribution in [0.15, 0.2) is 60.9 Å². The van der Waals surface area contributed by atoms with Crippen LogP contribution in [0.1, 0.15) is 10.4 Å². The molecule has 0 amide bonds. The van der Waals surface area contributed by atoms with Crippen molar-refractivity contribution in [2.75, 3.05) is 0 Å². The van der Waals surface area contributed by atoms with Crippen molar-refractivity contribution in [3.05, 3.63) is 78.1 Å². The molecule has 1 aromatic heterocycles. The molecule has 0 aliphatic rings. The highest BCUT2D eigenvalue weighted by atomic mass is 19.1. The maximum Gasteiger partial charge on any atom is 0.335 e. The highest BCUT2D eigenvalue weighted by molar-refractivity contribution is 5.89. The first-order chi connectivity index (χ1) is 10.5. The van der Waals surface area contributed by atoms with Crippen molar-refractivity contribution in [2.24, 2.45) is 0 Å². The van der Waals surface area contributed by atoms with Gasteiger partial charge in [0.05, 0.1) is 11.3 Å². The number of hydrogen-bond donors (Lipinski definition) is 1. The van der Waals surface area contributed by atoms with E-state index in [4.69, 9.17) is 5.11 Å². The summed E-state index contributed by atoms with van der Waals surface area (Å²) in [5.41, 5.74) is 2.02. The Morgan fingerprint density at radius 1 is 0.955 bits per heavy atom. The number of nitrogens with zero attached hydrogens (tertiary/aromatic N) is 1. The van der Waals surface area contributed by atoms with Crippen molar-refractivity contribution in [3.63, 3.8) is 0 Å². The summed E-state index contributed by atoms with van der Waals surface area (Å²) in [6.07, 6.45) is 3.35. The van der Waals surface area contributed by atoms with Crippen LogP contribution in [0.3, 0.4) is 0 Å². The Balaban J connectivity index is 2.00. The minimum absolute atomic E-state index is 0.182. The highest BCUT2D eigenvalue weighted by Crippen LogP contribution is 2.23. The van der Waals surface area contributed by atoms with Crippen LogP contribution in [-0.4, -0.2) is 15.6 Å². The molecule has 1 heterocycles. The second-order valence-electron chi connectivity index (χ2n) is 4.82. The maximum absolute atomic E-state index is 13.3. The summed E-state index contributed by atoms with van der Waals surface area (Å²) in [5.74, 6) is -2.32. The average Bonchev–Trinajstić information content (AvgIpc) is 2.96. The lowest BCUT2D eigenvalue weighted by Gasteiger charge is -2.04. The Labute approximate surface area is 125 Å². The Morgan fingerprint density at radius 3 is 2.36 bits per heavy atom. The third kappa shape index (κ3) is 2.74. The van der Waals surface area contributed by atoms with E-state index in [-0.39, 0.29) is 5.56 Å². The van der Waals surface area contributed by atoms with Crippen LogP contribution in [0.2, 0.25) is 0 Å². The molecule has 0 aliphatic heterocycles. The summed E-state index contributed by atoms with van der Waals surface area (Å²) >= 11 is 0. The average molecular weight is 299 g/mol. The fourth-order valence-electron chi connectivity index (χ4n) is 2.25. The van der Waals surface area contributed by atoms with Gasteiger partial charge in [-0.1, -0.05) is 12.1 Å². The number of rotatable bonds is 3. The molecule has 0 unspecified atom stereocenters. The Morgan fingerprint density at radius 2 is 1.68 bits per heavy atom. The summed E-state index contributed by atoms with van der Waals surface area (Å²) in [5, 5.41) is 9.01. The Bertz CT molecular complexity index is 835. The number of halogens is 2. The molecule has 0 atom stereocenters. The van der Waals surface area contributed by atoms with Gasteiger partial charge in [-0.3, -0.25) is 0 Å². The molecule has 3 aromatic rings. The minimum atomic E-state index is -1.01. The van der Waals surface area contributed by atoms with Crippen molar-refractivity contribution >= 4 is 5.97 Å². The summed E-state index contributed by atoms with van der Waals surface area (Å²) in [6, 6.07) is 11.5. The van der Waals surface area contributed by atoms with Crippen LogP contribution < -0.4 is 0 Å². The van der Waals surface area contributed by atoms with Gasteiger partial charge >= 0.3 is 5.97 Å². The lowest BCUT2D eigenvalue weighted by Crippen LogP contribution is -1.95. The molecule has 22 heavy (non-hydrogen) atoms. The van der Waals surface area contributed by atoms with E-state index < -0.39 is 17.6 Å². The second kappa shape index (κ2) is 5.44. The summed E-state index contributed by atoms with van der Waals surface area (Å²) in [7, 11) is 0. The van der Waals surface area contributed by atoms with Crippen LogP contribution in [0.5, 0.6) is 0 Å². The molecule has 3 rings (SSSR count). The standard InChI is InChI=1S/C17H11F2NO2/c18-14-7-15(19)9-16(8-14)20-5-4-13(10-20)11-2-1-3-12(6-11)17(21)22/h1-10H,(H,21,22). The topological polar surface area (TPSA) is 42.2 Å². The van der Waals surface area contributed by atoms with Gasteiger partial charge in [0, 0.05) is 18.5 Å². The molecule has 0 bridgehead atoms. The first-order valence-corrected chi connectivity index (χ1v) is 6.51. The molecule has 1 N–H and O–H groups in total. The fraction of sp³-hybridized carbons (Fsp3) is 0. The number of aromatic nitrogens is 1. The molecule has 0 saturated carbocycles. The lowest BCUT2D eigenvalue weighted by atomic mass is 10.1. The molecule has 0 fully saturated rings. The number of aromatic carboxylic acids is 1. The van der Waals surface area contributed by atoms with E-state index in [1.165, 1.54) is 18.2 Å². The van der Waals surface area contributed by atoms with Crippen LogP contribution >= 0.6 is 0 Å². The third-order valence-corrected chi connectivity index (χ3v) is 3.28. The molecule has 110 valence electrons. The molecule has 0 radical (unpaired) electrons. The normalized spacial score (nSPS) is 10.6. The second-order valence-corrected chi connectivity index (χ2v) is 4.82. The SMILES string of the molecule is O=C(O)c1cccc(-c2ccn(-c3cc(F)cc(F)c3)c2)c1. The minimum Gasteiger partial charge on any atom is -0.478 e. The highest BCUT2D eigenvalue weighted by Gasteiger charge is 2.08. The largest absolute Gasteiger partial charge is 0.478 e. The van der Waals surface area contributed by atoms with Gasteiger partial charge in [0.25, 0.3) is 0 Å². The van der Waals surface area contributed by atoms with Crippen molar-refractivity contribution in [1.82, 2.24) is 4.57 Å². The molecule has 0 aliphatic carbocycles. The van der Waals surface area contributed by atoms with Gasteiger partial charge in [-0.15, -0.1) is 0 Å². The zero-order valence-corrected chi connectivity index (χ0v) is 11.3. The van der Waals surface area contributed by atoms with E-state index in [0.717, 1.165) is 17.2 Å². The molecule has 3 nitrogen and oxygen atoms in total. The number of carbonyl (C=O) groups is 1. The predicted octanol–water partition coefficient (Wildman–Crippen LogP) is 4.12. The van der Waals surface area contributed by atoms with E-state index in [1.807, 2.05) is 0 Å². The predicted molar refractivity (Wildman–Crippen MR) is 78.1 cm³/mol. The quantitative estimate of drug-likeness (QED) is 0.790. The van der Waals surface area contributed by atoms with Crippen LogP contribution in [0.4, 0.5) is 8.78 Å². The summed E-state index contributed by atoms with van der Waals surface area (Å²) in [4.78, 5) is 11.0. The number of hydrogen-bond acceptors (Lipinski definition) is 1. The maximum atomic E-state index is 13.3. The van der Waals surface area contributed by atoms with Crippen molar-refractivity contribution in [3.8, 4) is 16.8 Å². The van der Waals surface area contributed by atoms with E-state index in [2.05, 4.69) is 0 Å². The first kappa shape index (κ1) is 14.0. The molecular weight excluding hydrogens is 288 g/mol. The fourth-order valence-corrected chi connectivity index (χ4v) is 2.25. The number of carboxylic acid groups (broad SMARTS) is 1. The van der Waals surface area contributed by atoms with Crippen LogP contribution in [0, 0.1) is 11.6 Å². The van der Waals surface area contributed by atoms with Crippen molar-refractivity contribution in [1.29, 1.82) is 0 Å². The smallest absolute Gasteiger partial charge is 0.335 e. The van der Waals surface area contributed by atoms with Gasteiger partial charge in [0.1, 0.15) is 11.6 Å². The first-order valence-electron chi connectivity index (χ1n) is 6.51. The zero-order chi connectivity index (χ0) is 15.7. The van der Waals surface area contributed by atoms with Crippen LogP contribution in [-0.2, 0) is 0 Å². The van der Waals surface area contributed by atoms with Crippen LogP contribution in [0.25, 0.3) is 16.8 Å². The molecule has 0 spiro atoms. The van der Waals surface area contributed by atoms with Gasteiger partial charge in [-0.25, -0.2) is 13.6 Å². The van der Waals surface area contributed by atoms with Gasteiger partial charge in [0.2, 0.25) is 0 Å². The Hall–Kier alpha value is -2.95. The third-order valence-electron chi connectivity index (χ3n) is 3.28. The monoisotopic (exact) mass is 299 g/mol. The van der Waals surface area contributed by atoms with Gasteiger partial charge in [-0.05, 0) is 41.5 Å². The summed E-state index contributed by atoms with van der Waals surface area (Å²) < 4.78 is 28.1. The molecule has 0 saturated heterocycles. The molecule has 5 heteroatoms. The van der Waals surface area contributed by atoms with E-state index in [9.17, 15) is 13.6 Å². The van der Waals surface area contributed by atoms with E-state index >= 15 is 0 Å². The van der Waals surface area contributed by atoms with Gasteiger partial charge in [-0.2, -0.15) is 0 Å². The zero-order valence-electron chi connectivity index (χ0n) is 11.3. The van der Waals surface area contributed by atoms with E-state index in [1.54, 1.807) is 41.2 Å².